The number of rotatable bonds is 3. The van der Waals surface area contributed by atoms with Crippen LogP contribution in [0.1, 0.15) is 0 Å². The molecule has 0 heterocycles. The average Bonchev–Trinajstić information content (AvgIpc) is 1.59. The van der Waals surface area contributed by atoms with E-state index >= 15 is 0 Å². The van der Waals surface area contributed by atoms with Gasteiger partial charge in [-0.25, -0.2) is 4.18 Å². The van der Waals surface area contributed by atoms with Crippen molar-refractivity contribution < 1.29 is 46.7 Å². The molecule has 0 bridgehead atoms. The molecule has 0 amide bonds. The van der Waals surface area contributed by atoms with Gasteiger partial charge in [0, 0.05) is 5.88 Å². The van der Waals surface area contributed by atoms with Crippen molar-refractivity contribution in [2.45, 2.75) is 0 Å². The van der Waals surface area contributed by atoms with Crippen molar-refractivity contribution in [1.82, 2.24) is 0 Å². The molecule has 7 heteroatoms. The van der Waals surface area contributed by atoms with Crippen LogP contribution in [0, 0.1) is 0 Å². The Hall–Kier alpha value is 1.16. The molecule has 0 aromatic rings. The van der Waals surface area contributed by atoms with E-state index in [2.05, 4.69) is 4.18 Å². The molecule has 0 aliphatic carbocycles. The quantitative estimate of drug-likeness (QED) is 0.289. The van der Waals surface area contributed by atoms with E-state index in [0.29, 0.717) is 0 Å². The third kappa shape index (κ3) is 12.4. The first-order chi connectivity index (χ1) is 3.56. The van der Waals surface area contributed by atoms with Crippen molar-refractivity contribution in [2.75, 3.05) is 12.5 Å². The second-order valence-corrected chi connectivity index (χ2v) is 2.41. The van der Waals surface area contributed by atoms with E-state index in [1.54, 1.807) is 0 Å². The molecule has 0 aliphatic rings. The fourth-order valence-electron chi connectivity index (χ4n) is 0.137. The Balaban J connectivity index is 0. The maximum Gasteiger partial charge on any atom is 1.00 e. The first-order valence-corrected chi connectivity index (χ1v) is 3.64. The Morgan fingerprint density at radius 2 is 2.00 bits per heavy atom. The van der Waals surface area contributed by atoms with Crippen molar-refractivity contribution in [3.8, 4) is 0 Å². The van der Waals surface area contributed by atoms with E-state index in [-0.39, 0.29) is 42.0 Å². The maximum absolute atomic E-state index is 9.66. The van der Waals surface area contributed by atoms with E-state index in [1.807, 2.05) is 0 Å². The minimum absolute atomic E-state index is 0. The summed E-state index contributed by atoms with van der Waals surface area (Å²) in [6.45, 7) is -0.194. The van der Waals surface area contributed by atoms with Gasteiger partial charge in [-0.1, -0.05) is 0 Å². The number of hydrogen-bond acceptors (Lipinski definition) is 3. The molecule has 0 radical (unpaired) electrons. The first kappa shape index (κ1) is 12.8. The smallest absolute Gasteiger partial charge is 0.264 e. The maximum atomic E-state index is 9.66. The fraction of sp³-hybridized carbons (Fsp3) is 1.00. The molecular formula is C2H5ClNaO4S+. The molecule has 50 valence electrons. The van der Waals surface area contributed by atoms with E-state index < -0.39 is 10.4 Å². The van der Waals surface area contributed by atoms with Crippen molar-refractivity contribution in [3.05, 3.63) is 0 Å². The van der Waals surface area contributed by atoms with E-state index in [9.17, 15) is 8.42 Å². The van der Waals surface area contributed by atoms with Gasteiger partial charge in [0.25, 0.3) is 0 Å². The Kier molecular flexibility index (Phi) is 8.41. The van der Waals surface area contributed by atoms with Gasteiger partial charge in [0.15, 0.2) is 0 Å². The summed E-state index contributed by atoms with van der Waals surface area (Å²) in [4.78, 5) is 0. The molecule has 0 rings (SSSR count). The molecule has 0 fully saturated rings. The van der Waals surface area contributed by atoms with Crippen molar-refractivity contribution in [1.29, 1.82) is 0 Å². The second kappa shape index (κ2) is 5.91. The molecule has 1 N–H and O–H groups in total. The zero-order valence-corrected chi connectivity index (χ0v) is 8.44. The summed E-state index contributed by atoms with van der Waals surface area (Å²) in [6, 6.07) is 0. The largest absolute Gasteiger partial charge is 1.00 e. The second-order valence-electron chi connectivity index (χ2n) is 0.939. The van der Waals surface area contributed by atoms with E-state index in [1.165, 1.54) is 0 Å². The first-order valence-electron chi connectivity index (χ1n) is 1.74. The van der Waals surface area contributed by atoms with Gasteiger partial charge in [-0.2, -0.15) is 8.42 Å². The van der Waals surface area contributed by atoms with Crippen LogP contribution < -0.4 is 29.6 Å². The van der Waals surface area contributed by atoms with Crippen LogP contribution in [0.2, 0.25) is 0 Å². The minimum Gasteiger partial charge on any atom is -0.264 e. The monoisotopic (exact) mass is 183 g/mol. The van der Waals surface area contributed by atoms with Crippen molar-refractivity contribution in [3.63, 3.8) is 0 Å². The molecule has 0 aromatic heterocycles. The van der Waals surface area contributed by atoms with Crippen molar-refractivity contribution >= 4 is 22.0 Å². The van der Waals surface area contributed by atoms with E-state index in [0.717, 1.165) is 0 Å². The fourth-order valence-corrected chi connectivity index (χ4v) is 0.599. The van der Waals surface area contributed by atoms with Crippen LogP contribution in [-0.2, 0) is 14.6 Å². The topological polar surface area (TPSA) is 63.6 Å². The summed E-state index contributed by atoms with van der Waals surface area (Å²) < 4.78 is 30.9. The Bertz CT molecular complexity index is 143. The van der Waals surface area contributed by atoms with Gasteiger partial charge in [-0.05, 0) is 0 Å². The molecule has 0 saturated heterocycles. The molecular weight excluding hydrogens is 179 g/mol. The molecule has 9 heavy (non-hydrogen) atoms. The third-order valence-electron chi connectivity index (χ3n) is 0.309. The zero-order valence-electron chi connectivity index (χ0n) is 4.87. The molecule has 0 aliphatic heterocycles. The van der Waals surface area contributed by atoms with Crippen molar-refractivity contribution in [2.24, 2.45) is 0 Å². The molecule has 4 nitrogen and oxygen atoms in total. The predicted octanol–water partition coefficient (Wildman–Crippen LogP) is -2.95. The summed E-state index contributed by atoms with van der Waals surface area (Å²) in [5, 5.41) is 0. The van der Waals surface area contributed by atoms with Crippen LogP contribution in [0.25, 0.3) is 0 Å². The average molecular weight is 184 g/mol. The number of hydrogen-bond donors (Lipinski definition) is 1. The summed E-state index contributed by atoms with van der Waals surface area (Å²) in [5.74, 6) is 0.0415. The van der Waals surface area contributed by atoms with E-state index in [4.69, 9.17) is 16.2 Å². The summed E-state index contributed by atoms with van der Waals surface area (Å²) in [5.41, 5.74) is 0. The van der Waals surface area contributed by atoms with Crippen LogP contribution in [0.5, 0.6) is 0 Å². The summed E-state index contributed by atoms with van der Waals surface area (Å²) in [7, 11) is -4.27. The minimum atomic E-state index is -4.27. The summed E-state index contributed by atoms with van der Waals surface area (Å²) in [6.07, 6.45) is 0. The number of alkyl halides is 1. The summed E-state index contributed by atoms with van der Waals surface area (Å²) >= 11 is 5.01. The normalized spacial score (nSPS) is 10.4. The Labute approximate surface area is 80.8 Å². The third-order valence-corrected chi connectivity index (χ3v) is 0.928. The number of halogens is 1. The molecule has 0 atom stereocenters. The molecule has 0 unspecified atom stereocenters. The standard InChI is InChI=1S/C2H5ClO4S.Na/c3-1-2-7-8(4,5)6;/h1-2H2,(H,4,5,6);/q;+1. The Morgan fingerprint density at radius 3 is 2.11 bits per heavy atom. The predicted molar refractivity (Wildman–Crippen MR) is 28.2 cm³/mol. The molecule has 0 saturated carbocycles. The van der Waals surface area contributed by atoms with Crippen LogP contribution in [0.3, 0.4) is 0 Å². The molecule has 0 aromatic carbocycles. The van der Waals surface area contributed by atoms with Gasteiger partial charge in [-0.3, -0.25) is 4.55 Å². The van der Waals surface area contributed by atoms with Crippen LogP contribution in [0.4, 0.5) is 0 Å². The Morgan fingerprint density at radius 1 is 1.56 bits per heavy atom. The van der Waals surface area contributed by atoms with Gasteiger partial charge in [0.1, 0.15) is 0 Å². The van der Waals surface area contributed by atoms with Crippen LogP contribution in [0.15, 0.2) is 0 Å². The zero-order chi connectivity index (χ0) is 6.62. The van der Waals surface area contributed by atoms with Crippen LogP contribution >= 0.6 is 11.6 Å². The van der Waals surface area contributed by atoms with Gasteiger partial charge < -0.3 is 0 Å². The van der Waals surface area contributed by atoms with Gasteiger partial charge in [0.2, 0.25) is 0 Å². The van der Waals surface area contributed by atoms with Gasteiger partial charge in [0.05, 0.1) is 6.61 Å². The van der Waals surface area contributed by atoms with Gasteiger partial charge >= 0.3 is 40.0 Å². The van der Waals surface area contributed by atoms with Gasteiger partial charge in [-0.15, -0.1) is 11.6 Å². The van der Waals surface area contributed by atoms with Crippen LogP contribution in [-0.4, -0.2) is 25.5 Å². The molecule has 0 spiro atoms. The SMILES string of the molecule is O=S(=O)(O)OCCCl.[Na+].